The quantitative estimate of drug-likeness (QED) is 0.595. The second kappa shape index (κ2) is 4.73. The van der Waals surface area contributed by atoms with Crippen LogP contribution < -0.4 is 5.32 Å². The first-order chi connectivity index (χ1) is 10.7. The highest BCUT2D eigenvalue weighted by Gasteiger charge is 2.14. The summed E-state index contributed by atoms with van der Waals surface area (Å²) in [7, 11) is 1.93. The number of amides is 1. The van der Waals surface area contributed by atoms with E-state index in [1.165, 1.54) is 0 Å². The van der Waals surface area contributed by atoms with Crippen LogP contribution >= 0.6 is 0 Å². The van der Waals surface area contributed by atoms with E-state index in [-0.39, 0.29) is 5.91 Å². The molecule has 0 aliphatic heterocycles. The fourth-order valence-electron chi connectivity index (χ4n) is 2.73. The zero-order valence-electron chi connectivity index (χ0n) is 12.0. The fraction of sp³-hybridized carbons (Fsp3) is 0.0588. The Hall–Kier alpha value is -3.08. The Labute approximate surface area is 126 Å². The predicted molar refractivity (Wildman–Crippen MR) is 87.0 cm³/mol. The molecule has 4 rings (SSSR count). The number of hydrogen-bond acceptors (Lipinski definition) is 2. The molecule has 0 saturated heterocycles. The highest BCUT2D eigenvalue weighted by molar-refractivity contribution is 6.11. The van der Waals surface area contributed by atoms with E-state index in [0.29, 0.717) is 11.5 Å². The zero-order valence-corrected chi connectivity index (χ0v) is 12.0. The number of fused-ring (bicyclic) bond motifs is 2. The van der Waals surface area contributed by atoms with Gasteiger partial charge in [-0.25, -0.2) is 4.98 Å². The van der Waals surface area contributed by atoms with Gasteiger partial charge in [-0.05, 0) is 24.3 Å². The van der Waals surface area contributed by atoms with Gasteiger partial charge >= 0.3 is 0 Å². The highest BCUT2D eigenvalue weighted by atomic mass is 16.1. The molecule has 1 amide bonds. The normalized spacial score (nSPS) is 11.1. The molecule has 0 bridgehead atoms. The van der Waals surface area contributed by atoms with Crippen LogP contribution in [0.5, 0.6) is 0 Å². The number of aromatic amines is 1. The second-order valence-electron chi connectivity index (χ2n) is 5.23. The van der Waals surface area contributed by atoms with E-state index in [1.54, 1.807) is 0 Å². The van der Waals surface area contributed by atoms with E-state index in [0.717, 1.165) is 21.9 Å². The molecule has 0 spiro atoms. The summed E-state index contributed by atoms with van der Waals surface area (Å²) < 4.78 is 1.95. The van der Waals surface area contributed by atoms with Gasteiger partial charge in [-0.3, -0.25) is 10.1 Å². The van der Waals surface area contributed by atoms with Crippen molar-refractivity contribution in [2.45, 2.75) is 0 Å². The van der Waals surface area contributed by atoms with Gasteiger partial charge in [-0.15, -0.1) is 0 Å². The average molecular weight is 290 g/mol. The number of H-pyrrole nitrogens is 1. The minimum Gasteiger partial charge on any atom is -0.350 e. The topological polar surface area (TPSA) is 62.7 Å². The summed E-state index contributed by atoms with van der Waals surface area (Å²) in [6.45, 7) is 0. The van der Waals surface area contributed by atoms with Gasteiger partial charge in [0.05, 0.1) is 22.1 Å². The number of nitrogens with zero attached hydrogens (tertiary/aromatic N) is 2. The lowest BCUT2D eigenvalue weighted by Crippen LogP contribution is -2.14. The third-order valence-corrected chi connectivity index (χ3v) is 3.76. The molecule has 2 aromatic heterocycles. The number of carbonyl (C=O) groups excluding carboxylic acids is 1. The summed E-state index contributed by atoms with van der Waals surface area (Å²) in [6.07, 6.45) is 1.95. The van der Waals surface area contributed by atoms with Gasteiger partial charge in [0, 0.05) is 18.6 Å². The van der Waals surface area contributed by atoms with Crippen LogP contribution in [0.2, 0.25) is 0 Å². The first-order valence-electron chi connectivity index (χ1n) is 7.02. The molecule has 22 heavy (non-hydrogen) atoms. The Kier molecular flexibility index (Phi) is 2.72. The Morgan fingerprint density at radius 1 is 1.14 bits per heavy atom. The number of carbonyl (C=O) groups is 1. The Morgan fingerprint density at radius 3 is 2.86 bits per heavy atom. The van der Waals surface area contributed by atoms with Crippen molar-refractivity contribution < 1.29 is 4.79 Å². The molecule has 0 saturated carbocycles. The lowest BCUT2D eigenvalue weighted by Gasteiger charge is -2.06. The van der Waals surface area contributed by atoms with Crippen LogP contribution in [0.25, 0.3) is 21.9 Å². The Balaban J connectivity index is 1.73. The maximum atomic E-state index is 12.6. The van der Waals surface area contributed by atoms with E-state index in [2.05, 4.69) is 15.3 Å². The van der Waals surface area contributed by atoms with Crippen LogP contribution in [0, 0.1) is 0 Å². The molecule has 0 aliphatic carbocycles. The molecule has 0 atom stereocenters. The molecule has 5 heteroatoms. The van der Waals surface area contributed by atoms with Gasteiger partial charge in [0.15, 0.2) is 0 Å². The number of aromatic nitrogens is 3. The number of para-hydroxylation sites is 3. The van der Waals surface area contributed by atoms with Crippen molar-refractivity contribution in [2.75, 3.05) is 5.32 Å². The monoisotopic (exact) mass is 290 g/mol. The number of rotatable bonds is 2. The molecule has 2 heterocycles. The number of nitrogens with one attached hydrogen (secondary N) is 2. The summed E-state index contributed by atoms with van der Waals surface area (Å²) in [5.41, 5.74) is 3.27. The van der Waals surface area contributed by atoms with Gasteiger partial charge in [0.25, 0.3) is 5.91 Å². The minimum absolute atomic E-state index is 0.175. The largest absolute Gasteiger partial charge is 0.350 e. The van der Waals surface area contributed by atoms with Crippen LogP contribution in [-0.4, -0.2) is 20.4 Å². The Morgan fingerprint density at radius 2 is 2.00 bits per heavy atom. The van der Waals surface area contributed by atoms with Crippen LogP contribution in [-0.2, 0) is 7.05 Å². The first kappa shape index (κ1) is 12.6. The van der Waals surface area contributed by atoms with Crippen molar-refractivity contribution in [1.82, 2.24) is 14.5 Å². The van der Waals surface area contributed by atoms with Crippen molar-refractivity contribution in [3.05, 3.63) is 60.3 Å². The standard InChI is InChI=1S/C17H14N4O/c1-21-10-9-11-5-4-6-12(15(11)21)16(22)20-17-18-13-7-2-3-8-14(13)19-17/h2-10H,1H3,(H2,18,19,20,22). The SMILES string of the molecule is Cn1ccc2cccc(C(=O)Nc3nc4ccccc4[nH]3)c21. The number of aryl methyl sites for hydroxylation is 1. The molecule has 108 valence electrons. The van der Waals surface area contributed by atoms with Gasteiger partial charge in [0.2, 0.25) is 5.95 Å². The molecule has 2 aromatic carbocycles. The van der Waals surface area contributed by atoms with Crippen molar-refractivity contribution in [3.8, 4) is 0 Å². The zero-order chi connectivity index (χ0) is 15.1. The van der Waals surface area contributed by atoms with Crippen molar-refractivity contribution in [2.24, 2.45) is 7.05 Å². The molecular weight excluding hydrogens is 276 g/mol. The van der Waals surface area contributed by atoms with Gasteiger partial charge < -0.3 is 9.55 Å². The summed E-state index contributed by atoms with van der Waals surface area (Å²) >= 11 is 0. The summed E-state index contributed by atoms with van der Waals surface area (Å²) in [5, 5.41) is 3.88. The predicted octanol–water partition coefficient (Wildman–Crippen LogP) is 3.31. The van der Waals surface area contributed by atoms with Crippen molar-refractivity contribution in [3.63, 3.8) is 0 Å². The molecule has 0 fully saturated rings. The third kappa shape index (κ3) is 1.95. The molecular formula is C17H14N4O. The molecule has 0 radical (unpaired) electrons. The van der Waals surface area contributed by atoms with E-state index in [4.69, 9.17) is 0 Å². The summed E-state index contributed by atoms with van der Waals surface area (Å²) in [5.74, 6) is 0.281. The number of hydrogen-bond donors (Lipinski definition) is 2. The molecule has 0 unspecified atom stereocenters. The number of anilines is 1. The van der Waals surface area contributed by atoms with E-state index in [9.17, 15) is 4.79 Å². The van der Waals surface area contributed by atoms with E-state index in [1.807, 2.05) is 66.3 Å². The summed E-state index contributed by atoms with van der Waals surface area (Å²) in [4.78, 5) is 20.0. The van der Waals surface area contributed by atoms with Gasteiger partial charge in [-0.1, -0.05) is 24.3 Å². The average Bonchev–Trinajstić information content (AvgIpc) is 3.10. The fourth-order valence-corrected chi connectivity index (χ4v) is 2.73. The van der Waals surface area contributed by atoms with Gasteiger partial charge in [0.1, 0.15) is 0 Å². The van der Waals surface area contributed by atoms with Crippen LogP contribution in [0.1, 0.15) is 10.4 Å². The number of imidazole rings is 1. The molecule has 4 aromatic rings. The van der Waals surface area contributed by atoms with E-state index >= 15 is 0 Å². The Bertz CT molecular complexity index is 963. The lowest BCUT2D eigenvalue weighted by molar-refractivity contribution is 0.102. The minimum atomic E-state index is -0.175. The van der Waals surface area contributed by atoms with Crippen molar-refractivity contribution >= 4 is 33.8 Å². The smallest absolute Gasteiger partial charge is 0.260 e. The van der Waals surface area contributed by atoms with Crippen LogP contribution in [0.4, 0.5) is 5.95 Å². The van der Waals surface area contributed by atoms with Crippen LogP contribution in [0.3, 0.4) is 0 Å². The maximum absolute atomic E-state index is 12.6. The van der Waals surface area contributed by atoms with Crippen molar-refractivity contribution in [1.29, 1.82) is 0 Å². The number of benzene rings is 2. The lowest BCUT2D eigenvalue weighted by atomic mass is 10.1. The molecule has 2 N–H and O–H groups in total. The third-order valence-electron chi connectivity index (χ3n) is 3.76. The van der Waals surface area contributed by atoms with Gasteiger partial charge in [-0.2, -0.15) is 0 Å². The summed E-state index contributed by atoms with van der Waals surface area (Å²) in [6, 6.07) is 15.4. The van der Waals surface area contributed by atoms with E-state index < -0.39 is 0 Å². The first-order valence-corrected chi connectivity index (χ1v) is 7.02. The highest BCUT2D eigenvalue weighted by Crippen LogP contribution is 2.21. The second-order valence-corrected chi connectivity index (χ2v) is 5.23. The molecule has 5 nitrogen and oxygen atoms in total. The molecule has 0 aliphatic rings. The maximum Gasteiger partial charge on any atom is 0.260 e. The van der Waals surface area contributed by atoms with Crippen LogP contribution in [0.15, 0.2) is 54.7 Å².